The molecule has 3 unspecified atom stereocenters. The van der Waals surface area contributed by atoms with Crippen LogP contribution in [0.1, 0.15) is 39.5 Å². The molecular weight excluding hydrogens is 148 g/mol. The Hall–Kier alpha value is -0.550. The van der Waals surface area contributed by atoms with E-state index in [1.807, 2.05) is 0 Å². The molecule has 2 heteroatoms. The van der Waals surface area contributed by atoms with Gasteiger partial charge in [0.15, 0.2) is 0 Å². The third-order valence-electron chi connectivity index (χ3n) is 2.61. The molecule has 68 valence electrons. The maximum Gasteiger partial charge on any atom is 0.0638 e. The molecule has 1 aliphatic rings. The van der Waals surface area contributed by atoms with E-state index in [0.717, 1.165) is 5.92 Å². The molecule has 1 aliphatic carbocycles. The lowest BCUT2D eigenvalue weighted by Gasteiger charge is -2.16. The third kappa shape index (κ3) is 2.83. The molecule has 1 fully saturated rings. The van der Waals surface area contributed by atoms with Crippen LogP contribution in [0.4, 0.5) is 0 Å². The molecule has 0 aliphatic heterocycles. The van der Waals surface area contributed by atoms with Crippen molar-refractivity contribution >= 4 is 0 Å². The molecule has 12 heavy (non-hydrogen) atoms. The molecule has 1 saturated carbocycles. The van der Waals surface area contributed by atoms with E-state index in [1.165, 1.54) is 19.3 Å². The third-order valence-corrected chi connectivity index (χ3v) is 2.61. The van der Waals surface area contributed by atoms with Crippen molar-refractivity contribution in [2.45, 2.75) is 51.6 Å². The summed E-state index contributed by atoms with van der Waals surface area (Å²) < 4.78 is 0. The Morgan fingerprint density at radius 1 is 1.58 bits per heavy atom. The molecule has 0 bridgehead atoms. The van der Waals surface area contributed by atoms with Crippen LogP contribution < -0.4 is 5.32 Å². The van der Waals surface area contributed by atoms with Crippen molar-refractivity contribution in [2.75, 3.05) is 0 Å². The zero-order valence-electron chi connectivity index (χ0n) is 8.01. The van der Waals surface area contributed by atoms with Crippen LogP contribution in [0.5, 0.6) is 0 Å². The van der Waals surface area contributed by atoms with Crippen LogP contribution in [-0.2, 0) is 0 Å². The highest BCUT2D eigenvalue weighted by atomic mass is 14.9. The quantitative estimate of drug-likeness (QED) is 0.696. The second-order valence-electron chi connectivity index (χ2n) is 4.05. The minimum absolute atomic E-state index is 0.366. The summed E-state index contributed by atoms with van der Waals surface area (Å²) in [6.07, 6.45) is 4.55. The topological polar surface area (TPSA) is 35.8 Å². The maximum atomic E-state index is 8.47. The van der Waals surface area contributed by atoms with Crippen LogP contribution in [0.25, 0.3) is 0 Å². The average molecular weight is 166 g/mol. The van der Waals surface area contributed by atoms with E-state index in [-0.39, 0.29) is 0 Å². The molecule has 3 atom stereocenters. The maximum absolute atomic E-state index is 8.47. The molecule has 0 aromatic rings. The lowest BCUT2D eigenvalue weighted by Crippen LogP contribution is -2.34. The van der Waals surface area contributed by atoms with Gasteiger partial charge in [-0.25, -0.2) is 0 Å². The summed E-state index contributed by atoms with van der Waals surface area (Å²) in [5.74, 6) is 0.872. The smallest absolute Gasteiger partial charge is 0.0638 e. The zero-order valence-corrected chi connectivity index (χ0v) is 8.01. The lowest BCUT2D eigenvalue weighted by atomic mass is 10.1. The molecule has 0 aromatic carbocycles. The van der Waals surface area contributed by atoms with Crippen LogP contribution in [0, 0.1) is 17.2 Å². The molecule has 1 N–H and O–H groups in total. The van der Waals surface area contributed by atoms with Gasteiger partial charge in [-0.05, 0) is 32.1 Å². The Kier molecular flexibility index (Phi) is 3.55. The number of nitriles is 1. The van der Waals surface area contributed by atoms with Gasteiger partial charge in [0.25, 0.3) is 0 Å². The van der Waals surface area contributed by atoms with E-state index in [9.17, 15) is 0 Å². The Labute approximate surface area is 75.0 Å². The molecule has 0 heterocycles. The average Bonchev–Trinajstić information content (AvgIpc) is 2.36. The Balaban J connectivity index is 2.19. The van der Waals surface area contributed by atoms with Gasteiger partial charge >= 0.3 is 0 Å². The van der Waals surface area contributed by atoms with Crippen LogP contribution in [0.2, 0.25) is 0 Å². The normalized spacial score (nSPS) is 31.4. The minimum Gasteiger partial charge on any atom is -0.310 e. The summed E-state index contributed by atoms with van der Waals surface area (Å²) in [6.45, 7) is 4.39. The van der Waals surface area contributed by atoms with Gasteiger partial charge in [-0.15, -0.1) is 0 Å². The second-order valence-corrected chi connectivity index (χ2v) is 4.05. The summed E-state index contributed by atoms with van der Waals surface area (Å²) in [4.78, 5) is 0. The minimum atomic E-state index is 0.366. The standard InChI is InChI=1S/C10H18N2/c1-8-3-4-10(7-8)12-9(2)5-6-11/h8-10,12H,3-5,7H2,1-2H3. The lowest BCUT2D eigenvalue weighted by molar-refractivity contribution is 0.443. The monoisotopic (exact) mass is 166 g/mol. The Morgan fingerprint density at radius 3 is 2.83 bits per heavy atom. The van der Waals surface area contributed by atoms with Gasteiger partial charge < -0.3 is 5.32 Å². The van der Waals surface area contributed by atoms with Crippen LogP contribution in [0.15, 0.2) is 0 Å². The predicted octanol–water partition coefficient (Wildman–Crippen LogP) is 2.07. The van der Waals surface area contributed by atoms with Gasteiger partial charge in [0.2, 0.25) is 0 Å². The molecule has 0 radical (unpaired) electrons. The highest BCUT2D eigenvalue weighted by Crippen LogP contribution is 2.24. The summed E-state index contributed by atoms with van der Waals surface area (Å²) in [6, 6.07) is 3.23. The van der Waals surface area contributed by atoms with E-state index in [2.05, 4.69) is 25.2 Å². The second kappa shape index (κ2) is 4.47. The van der Waals surface area contributed by atoms with E-state index in [1.54, 1.807) is 0 Å². The van der Waals surface area contributed by atoms with E-state index < -0.39 is 0 Å². The predicted molar refractivity (Wildman–Crippen MR) is 49.6 cm³/mol. The SMILES string of the molecule is CC1CCC(NC(C)CC#N)C1. The molecule has 2 nitrogen and oxygen atoms in total. The number of nitrogens with zero attached hydrogens (tertiary/aromatic N) is 1. The first-order valence-corrected chi connectivity index (χ1v) is 4.85. The van der Waals surface area contributed by atoms with Gasteiger partial charge in [0, 0.05) is 12.1 Å². The van der Waals surface area contributed by atoms with Crippen molar-refractivity contribution in [1.29, 1.82) is 5.26 Å². The number of rotatable bonds is 3. The molecular formula is C10H18N2. The highest BCUT2D eigenvalue weighted by molar-refractivity contribution is 4.84. The highest BCUT2D eigenvalue weighted by Gasteiger charge is 2.21. The van der Waals surface area contributed by atoms with Crippen molar-refractivity contribution in [1.82, 2.24) is 5.32 Å². The molecule has 1 rings (SSSR count). The molecule has 0 amide bonds. The van der Waals surface area contributed by atoms with Gasteiger partial charge in [0.1, 0.15) is 0 Å². The van der Waals surface area contributed by atoms with Crippen LogP contribution in [-0.4, -0.2) is 12.1 Å². The van der Waals surface area contributed by atoms with Gasteiger partial charge in [-0.3, -0.25) is 0 Å². The summed E-state index contributed by atoms with van der Waals surface area (Å²) in [5, 5.41) is 12.0. The molecule has 0 saturated heterocycles. The fraction of sp³-hybridized carbons (Fsp3) is 0.900. The van der Waals surface area contributed by atoms with Crippen molar-refractivity contribution in [3.05, 3.63) is 0 Å². The Morgan fingerprint density at radius 2 is 2.33 bits per heavy atom. The number of nitrogens with one attached hydrogen (secondary N) is 1. The van der Waals surface area contributed by atoms with Crippen molar-refractivity contribution in [2.24, 2.45) is 5.92 Å². The van der Waals surface area contributed by atoms with Crippen molar-refractivity contribution in [3.63, 3.8) is 0 Å². The van der Waals surface area contributed by atoms with Crippen LogP contribution >= 0.6 is 0 Å². The zero-order chi connectivity index (χ0) is 8.97. The summed E-state index contributed by atoms with van der Waals surface area (Å²) in [7, 11) is 0. The van der Waals surface area contributed by atoms with Gasteiger partial charge in [0.05, 0.1) is 12.5 Å². The van der Waals surface area contributed by atoms with Crippen molar-refractivity contribution in [3.8, 4) is 6.07 Å². The fourth-order valence-electron chi connectivity index (χ4n) is 1.96. The first kappa shape index (κ1) is 9.54. The first-order valence-electron chi connectivity index (χ1n) is 4.85. The van der Waals surface area contributed by atoms with Gasteiger partial charge in [-0.1, -0.05) is 6.92 Å². The molecule has 0 aromatic heterocycles. The number of hydrogen-bond acceptors (Lipinski definition) is 2. The Bertz CT molecular complexity index is 171. The van der Waals surface area contributed by atoms with Crippen LogP contribution in [0.3, 0.4) is 0 Å². The largest absolute Gasteiger partial charge is 0.310 e. The summed E-state index contributed by atoms with van der Waals surface area (Å²) in [5.41, 5.74) is 0. The van der Waals surface area contributed by atoms with E-state index in [0.29, 0.717) is 18.5 Å². The number of hydrogen-bond donors (Lipinski definition) is 1. The van der Waals surface area contributed by atoms with Crippen molar-refractivity contribution < 1.29 is 0 Å². The fourth-order valence-corrected chi connectivity index (χ4v) is 1.96. The first-order chi connectivity index (χ1) is 5.72. The summed E-state index contributed by atoms with van der Waals surface area (Å²) >= 11 is 0. The van der Waals surface area contributed by atoms with E-state index >= 15 is 0 Å². The van der Waals surface area contributed by atoms with E-state index in [4.69, 9.17) is 5.26 Å². The molecule has 0 spiro atoms. The van der Waals surface area contributed by atoms with Gasteiger partial charge in [-0.2, -0.15) is 5.26 Å².